The van der Waals surface area contributed by atoms with Crippen molar-refractivity contribution >= 4 is 39.2 Å². The molecule has 0 amide bonds. The van der Waals surface area contributed by atoms with Crippen molar-refractivity contribution < 1.29 is 13.5 Å². The van der Waals surface area contributed by atoms with E-state index in [4.69, 9.17) is 21.3 Å². The number of nitrogens with one attached hydrogen (secondary N) is 1. The third-order valence-electron chi connectivity index (χ3n) is 8.44. The first-order valence-corrected chi connectivity index (χ1v) is 13.8. The lowest BCUT2D eigenvalue weighted by Crippen LogP contribution is -2.43. The normalized spacial score (nSPS) is 24.0. The molecule has 0 spiro atoms. The van der Waals surface area contributed by atoms with E-state index in [0.29, 0.717) is 40.1 Å². The number of aromatic nitrogens is 4. The molecule has 1 N–H and O–H groups in total. The van der Waals surface area contributed by atoms with Crippen molar-refractivity contribution in [2.45, 2.75) is 50.2 Å². The molecule has 6 heterocycles. The lowest BCUT2D eigenvalue weighted by molar-refractivity contribution is 0.107. The fraction of sp³-hybridized carbons (Fsp3) is 0.464. The van der Waals surface area contributed by atoms with Crippen LogP contribution in [0.5, 0.6) is 6.01 Å². The molecule has 0 aliphatic carbocycles. The molecule has 3 aliphatic rings. The van der Waals surface area contributed by atoms with Gasteiger partial charge in [0, 0.05) is 54.9 Å². The van der Waals surface area contributed by atoms with Gasteiger partial charge in [-0.2, -0.15) is 9.97 Å². The van der Waals surface area contributed by atoms with Crippen LogP contribution in [0.1, 0.15) is 38.5 Å². The number of ether oxygens (including phenoxy) is 1. The zero-order chi connectivity index (χ0) is 25.9. The van der Waals surface area contributed by atoms with Crippen LogP contribution in [-0.2, 0) is 0 Å². The number of H-pyrrole nitrogens is 1. The van der Waals surface area contributed by atoms with Gasteiger partial charge in [-0.05, 0) is 50.8 Å². The van der Waals surface area contributed by atoms with E-state index in [9.17, 15) is 4.39 Å². The van der Waals surface area contributed by atoms with Crippen molar-refractivity contribution in [3.8, 4) is 17.3 Å². The maximum atomic E-state index is 16.3. The largest absolute Gasteiger partial charge is 0.461 e. The zero-order valence-electron chi connectivity index (χ0n) is 21.0. The number of piperidine rings is 1. The molecule has 2 atom stereocenters. The molecule has 198 valence electrons. The Kier molecular flexibility index (Phi) is 5.89. The highest BCUT2D eigenvalue weighted by Crippen LogP contribution is 2.41. The van der Waals surface area contributed by atoms with Crippen LogP contribution in [0.25, 0.3) is 33.1 Å². The Bertz CT molecular complexity index is 1520. The number of anilines is 1. The molecule has 0 radical (unpaired) electrons. The summed E-state index contributed by atoms with van der Waals surface area (Å²) in [6.45, 7) is 3.26. The molecular weight excluding hydrogens is 510 g/mol. The summed E-state index contributed by atoms with van der Waals surface area (Å²) >= 11 is 6.48. The number of hydrogen-bond donors (Lipinski definition) is 1. The van der Waals surface area contributed by atoms with Crippen LogP contribution in [0.3, 0.4) is 0 Å². The van der Waals surface area contributed by atoms with Gasteiger partial charge in [-0.3, -0.25) is 9.88 Å². The number of alkyl halides is 1. The number of benzene rings is 1. The minimum atomic E-state index is -0.852. The topological polar surface area (TPSA) is 70.2 Å². The number of aromatic amines is 1. The Labute approximate surface area is 224 Å². The summed E-state index contributed by atoms with van der Waals surface area (Å²) in [5.74, 6) is 0.0920. The smallest absolute Gasteiger partial charge is 0.319 e. The standard InChI is InChI=1S/C28H29ClF2N6O/c29-20-6-4-7-21-22(20)18(13-32-21)24-23(31)25-19(14-33-24)26(36-9-2-1-3-10-36)35-27(34-25)38-16-28-8-5-11-37(28)15-17(30)12-28/h4,6-7,13-14,17,32H,1-3,5,8-12,15-16H2/t17-,28+/m1/s1. The number of pyridine rings is 1. The van der Waals surface area contributed by atoms with Crippen molar-refractivity contribution in [1.82, 2.24) is 24.8 Å². The molecule has 3 fully saturated rings. The van der Waals surface area contributed by atoms with E-state index in [0.717, 1.165) is 57.3 Å². The highest BCUT2D eigenvalue weighted by molar-refractivity contribution is 6.36. The van der Waals surface area contributed by atoms with E-state index in [2.05, 4.69) is 24.8 Å². The summed E-state index contributed by atoms with van der Waals surface area (Å²) in [5.41, 5.74) is 1.37. The van der Waals surface area contributed by atoms with Gasteiger partial charge in [-0.25, -0.2) is 8.78 Å². The molecule has 7 rings (SSSR count). The highest BCUT2D eigenvalue weighted by atomic mass is 35.5. The Hall–Kier alpha value is -3.04. The van der Waals surface area contributed by atoms with Gasteiger partial charge in [-0.1, -0.05) is 17.7 Å². The van der Waals surface area contributed by atoms with Gasteiger partial charge in [0.2, 0.25) is 0 Å². The number of fused-ring (bicyclic) bond motifs is 3. The van der Waals surface area contributed by atoms with Crippen LogP contribution in [0, 0.1) is 5.82 Å². The van der Waals surface area contributed by atoms with Crippen LogP contribution in [0.15, 0.2) is 30.6 Å². The number of rotatable bonds is 5. The fourth-order valence-electron chi connectivity index (χ4n) is 6.60. The molecule has 3 saturated heterocycles. The van der Waals surface area contributed by atoms with E-state index < -0.39 is 12.0 Å². The summed E-state index contributed by atoms with van der Waals surface area (Å²) in [4.78, 5) is 21.4. The van der Waals surface area contributed by atoms with Crippen molar-refractivity contribution in [1.29, 1.82) is 0 Å². The summed E-state index contributed by atoms with van der Waals surface area (Å²) in [6.07, 6.45) is 8.10. The van der Waals surface area contributed by atoms with Crippen LogP contribution < -0.4 is 9.64 Å². The Morgan fingerprint density at radius 3 is 2.87 bits per heavy atom. The summed E-state index contributed by atoms with van der Waals surface area (Å²) in [5, 5.41) is 1.78. The molecule has 0 unspecified atom stereocenters. The molecule has 3 aromatic heterocycles. The second-order valence-corrected chi connectivity index (χ2v) is 11.2. The lowest BCUT2D eigenvalue weighted by atomic mass is 9.95. The van der Waals surface area contributed by atoms with Crippen molar-refractivity contribution in [2.75, 3.05) is 37.7 Å². The average Bonchev–Trinajstić information content (AvgIpc) is 3.61. The Morgan fingerprint density at radius 1 is 1.13 bits per heavy atom. The predicted molar refractivity (Wildman–Crippen MR) is 144 cm³/mol. The lowest BCUT2D eigenvalue weighted by Gasteiger charge is -2.31. The molecule has 1 aromatic carbocycles. The van der Waals surface area contributed by atoms with Gasteiger partial charge < -0.3 is 14.6 Å². The van der Waals surface area contributed by atoms with Gasteiger partial charge in [0.05, 0.1) is 15.9 Å². The number of hydrogen-bond acceptors (Lipinski definition) is 6. The van der Waals surface area contributed by atoms with Crippen LogP contribution >= 0.6 is 11.6 Å². The first kappa shape index (κ1) is 24.0. The maximum Gasteiger partial charge on any atom is 0.319 e. The first-order valence-electron chi connectivity index (χ1n) is 13.4. The van der Waals surface area contributed by atoms with Crippen LogP contribution in [0.4, 0.5) is 14.6 Å². The van der Waals surface area contributed by atoms with Crippen molar-refractivity contribution in [3.05, 3.63) is 41.4 Å². The minimum absolute atomic E-state index is 0.120. The summed E-state index contributed by atoms with van der Waals surface area (Å²) < 4.78 is 36.8. The Balaban J connectivity index is 1.33. The van der Waals surface area contributed by atoms with E-state index in [1.807, 2.05) is 12.1 Å². The van der Waals surface area contributed by atoms with Gasteiger partial charge in [0.15, 0.2) is 5.82 Å². The van der Waals surface area contributed by atoms with Crippen molar-refractivity contribution in [2.24, 2.45) is 0 Å². The fourth-order valence-corrected chi connectivity index (χ4v) is 6.87. The van der Waals surface area contributed by atoms with Gasteiger partial charge in [-0.15, -0.1) is 0 Å². The highest BCUT2D eigenvalue weighted by Gasteiger charge is 2.49. The van der Waals surface area contributed by atoms with Gasteiger partial charge in [0.1, 0.15) is 29.8 Å². The van der Waals surface area contributed by atoms with Crippen molar-refractivity contribution in [3.63, 3.8) is 0 Å². The minimum Gasteiger partial charge on any atom is -0.461 e. The predicted octanol–water partition coefficient (Wildman–Crippen LogP) is 5.91. The first-order chi connectivity index (χ1) is 18.5. The molecule has 0 saturated carbocycles. The SMILES string of the molecule is Fc1c(-c2c[nH]c3cccc(Cl)c23)ncc2c(N3CCCCC3)nc(OC[C@@]34CCCN3C[C@H](F)C4)nc12. The zero-order valence-corrected chi connectivity index (χ0v) is 21.8. The average molecular weight is 539 g/mol. The molecule has 10 heteroatoms. The second-order valence-electron chi connectivity index (χ2n) is 10.8. The third-order valence-corrected chi connectivity index (χ3v) is 8.76. The molecule has 38 heavy (non-hydrogen) atoms. The quantitative estimate of drug-likeness (QED) is 0.340. The van der Waals surface area contributed by atoms with Crippen LogP contribution in [-0.4, -0.2) is 69.3 Å². The maximum absolute atomic E-state index is 16.3. The summed E-state index contributed by atoms with van der Waals surface area (Å²) in [6, 6.07) is 5.63. The second kappa shape index (κ2) is 9.31. The number of nitrogens with zero attached hydrogens (tertiary/aromatic N) is 5. The molecule has 3 aliphatic heterocycles. The van der Waals surface area contributed by atoms with Gasteiger partial charge >= 0.3 is 6.01 Å². The summed E-state index contributed by atoms with van der Waals surface area (Å²) in [7, 11) is 0. The third kappa shape index (κ3) is 3.90. The molecule has 4 aromatic rings. The Morgan fingerprint density at radius 2 is 2.00 bits per heavy atom. The van der Waals surface area contributed by atoms with E-state index in [-0.39, 0.29) is 29.4 Å². The molecule has 0 bridgehead atoms. The van der Waals surface area contributed by atoms with E-state index in [1.165, 1.54) is 0 Å². The van der Waals surface area contributed by atoms with E-state index in [1.54, 1.807) is 18.5 Å². The number of halogens is 3. The van der Waals surface area contributed by atoms with Crippen LogP contribution in [0.2, 0.25) is 5.02 Å². The molecule has 7 nitrogen and oxygen atoms in total. The van der Waals surface area contributed by atoms with E-state index >= 15 is 4.39 Å². The molecular formula is C28H29ClF2N6O. The monoisotopic (exact) mass is 538 g/mol. The van der Waals surface area contributed by atoms with Gasteiger partial charge in [0.25, 0.3) is 0 Å².